The summed E-state index contributed by atoms with van der Waals surface area (Å²) in [6.07, 6.45) is 0. The largest absolute Gasteiger partial charge is 0.339 e. The second-order valence-electron chi connectivity index (χ2n) is 6.39. The van der Waals surface area contributed by atoms with Crippen LogP contribution in [0.3, 0.4) is 0 Å². The van der Waals surface area contributed by atoms with Gasteiger partial charge < -0.3 is 10.3 Å². The van der Waals surface area contributed by atoms with Crippen LogP contribution < -0.4 is 5.73 Å². The SMILES string of the molecule is Cc1cc(C)n(Cc2cccc(-c3noc(C(C)C(C)N)n3)c2)n1.Cl. The van der Waals surface area contributed by atoms with E-state index >= 15 is 0 Å². The molecule has 0 amide bonds. The van der Waals surface area contributed by atoms with Crippen LogP contribution in [0.5, 0.6) is 0 Å². The van der Waals surface area contributed by atoms with Crippen LogP contribution in [0, 0.1) is 13.8 Å². The first-order valence-corrected chi connectivity index (χ1v) is 8.13. The number of aryl methyl sites for hydroxylation is 2. The van der Waals surface area contributed by atoms with Gasteiger partial charge in [0, 0.05) is 17.3 Å². The lowest BCUT2D eigenvalue weighted by atomic mass is 10.1. The molecule has 0 saturated carbocycles. The van der Waals surface area contributed by atoms with Crippen LogP contribution in [0.1, 0.15) is 42.6 Å². The fourth-order valence-corrected chi connectivity index (χ4v) is 2.58. The molecule has 7 heteroatoms. The van der Waals surface area contributed by atoms with E-state index in [4.69, 9.17) is 10.3 Å². The van der Waals surface area contributed by atoms with Crippen molar-refractivity contribution in [1.29, 1.82) is 0 Å². The van der Waals surface area contributed by atoms with E-state index in [1.807, 2.05) is 37.6 Å². The Morgan fingerprint density at radius 3 is 2.60 bits per heavy atom. The minimum atomic E-state index is -0.0318. The van der Waals surface area contributed by atoms with Crippen LogP contribution in [-0.4, -0.2) is 26.0 Å². The Kier molecular flexibility index (Phi) is 5.98. The summed E-state index contributed by atoms with van der Waals surface area (Å²) in [5, 5.41) is 8.60. The van der Waals surface area contributed by atoms with Crippen molar-refractivity contribution in [3.05, 3.63) is 53.2 Å². The van der Waals surface area contributed by atoms with E-state index in [1.54, 1.807) is 0 Å². The molecule has 0 aliphatic carbocycles. The number of hydrogen-bond donors (Lipinski definition) is 1. The van der Waals surface area contributed by atoms with E-state index in [9.17, 15) is 0 Å². The number of rotatable bonds is 5. The highest BCUT2D eigenvalue weighted by Crippen LogP contribution is 2.22. The van der Waals surface area contributed by atoms with Gasteiger partial charge in [-0.05, 0) is 38.5 Å². The molecule has 3 aromatic rings. The lowest BCUT2D eigenvalue weighted by Gasteiger charge is -2.09. The van der Waals surface area contributed by atoms with Crippen LogP contribution in [0.15, 0.2) is 34.9 Å². The third-order valence-corrected chi connectivity index (χ3v) is 4.24. The van der Waals surface area contributed by atoms with E-state index in [-0.39, 0.29) is 24.4 Å². The first-order valence-electron chi connectivity index (χ1n) is 8.13. The number of halogens is 1. The van der Waals surface area contributed by atoms with Crippen molar-refractivity contribution in [3.8, 4) is 11.4 Å². The average Bonchev–Trinajstić information content (AvgIpc) is 3.14. The highest BCUT2D eigenvalue weighted by atomic mass is 35.5. The maximum absolute atomic E-state index is 5.90. The van der Waals surface area contributed by atoms with Crippen molar-refractivity contribution >= 4 is 12.4 Å². The Morgan fingerprint density at radius 1 is 1.20 bits per heavy atom. The Bertz CT molecular complexity index is 840. The molecule has 2 heterocycles. The van der Waals surface area contributed by atoms with Crippen LogP contribution >= 0.6 is 12.4 Å². The summed E-state index contributed by atoms with van der Waals surface area (Å²) in [7, 11) is 0. The molecule has 2 unspecified atom stereocenters. The van der Waals surface area contributed by atoms with Crippen molar-refractivity contribution in [2.75, 3.05) is 0 Å². The molecule has 0 radical (unpaired) electrons. The quantitative estimate of drug-likeness (QED) is 0.752. The maximum atomic E-state index is 5.90. The third-order valence-electron chi connectivity index (χ3n) is 4.24. The summed E-state index contributed by atoms with van der Waals surface area (Å²) < 4.78 is 7.36. The number of hydrogen-bond acceptors (Lipinski definition) is 5. The Labute approximate surface area is 153 Å². The van der Waals surface area contributed by atoms with Crippen LogP contribution in [0.25, 0.3) is 11.4 Å². The predicted octanol–water partition coefficient (Wildman–Crippen LogP) is 3.47. The average molecular weight is 362 g/mol. The molecule has 2 aromatic heterocycles. The highest BCUT2D eigenvalue weighted by Gasteiger charge is 2.18. The molecule has 0 saturated heterocycles. The summed E-state index contributed by atoms with van der Waals surface area (Å²) in [4.78, 5) is 4.49. The zero-order chi connectivity index (χ0) is 17.3. The van der Waals surface area contributed by atoms with Gasteiger partial charge in [0.05, 0.1) is 18.2 Å². The minimum absolute atomic E-state index is 0. The van der Waals surface area contributed by atoms with Gasteiger partial charge in [-0.3, -0.25) is 4.68 Å². The second-order valence-corrected chi connectivity index (χ2v) is 6.39. The van der Waals surface area contributed by atoms with Gasteiger partial charge in [0.15, 0.2) is 0 Å². The normalized spacial score (nSPS) is 13.3. The molecule has 134 valence electrons. The lowest BCUT2D eigenvalue weighted by molar-refractivity contribution is 0.347. The molecule has 2 N–H and O–H groups in total. The van der Waals surface area contributed by atoms with Crippen LogP contribution in [-0.2, 0) is 6.54 Å². The standard InChI is InChI=1S/C18H23N5O.ClH/c1-11-8-12(2)23(21-11)10-15-6-5-7-16(9-15)17-20-18(24-22-17)13(3)14(4)19;/h5-9,13-14H,10,19H2,1-4H3;1H. The summed E-state index contributed by atoms with van der Waals surface area (Å²) in [5.74, 6) is 1.20. The van der Waals surface area contributed by atoms with Crippen molar-refractivity contribution in [3.63, 3.8) is 0 Å². The molecule has 0 bridgehead atoms. The molecule has 2 atom stereocenters. The van der Waals surface area contributed by atoms with Gasteiger partial charge in [0.25, 0.3) is 0 Å². The van der Waals surface area contributed by atoms with Crippen molar-refractivity contribution in [2.24, 2.45) is 5.73 Å². The van der Waals surface area contributed by atoms with Crippen LogP contribution in [0.4, 0.5) is 0 Å². The Balaban J connectivity index is 0.00000225. The molecule has 6 nitrogen and oxygen atoms in total. The fourth-order valence-electron chi connectivity index (χ4n) is 2.58. The van der Waals surface area contributed by atoms with Gasteiger partial charge in [0.2, 0.25) is 11.7 Å². The fraction of sp³-hybridized carbons (Fsp3) is 0.389. The Hall–Kier alpha value is -2.18. The monoisotopic (exact) mass is 361 g/mol. The number of benzene rings is 1. The molecular formula is C18H24ClN5O. The van der Waals surface area contributed by atoms with Crippen molar-refractivity contribution < 1.29 is 4.52 Å². The number of aromatic nitrogens is 4. The molecule has 0 aliphatic rings. The van der Waals surface area contributed by atoms with E-state index in [2.05, 4.69) is 40.4 Å². The molecule has 0 fully saturated rings. The van der Waals surface area contributed by atoms with E-state index in [0.29, 0.717) is 18.3 Å². The summed E-state index contributed by atoms with van der Waals surface area (Å²) >= 11 is 0. The number of nitrogens with zero attached hydrogens (tertiary/aromatic N) is 4. The van der Waals surface area contributed by atoms with Crippen molar-refractivity contribution in [2.45, 2.75) is 46.2 Å². The summed E-state index contributed by atoms with van der Waals surface area (Å²) in [6, 6.07) is 10.2. The van der Waals surface area contributed by atoms with Crippen LogP contribution in [0.2, 0.25) is 0 Å². The van der Waals surface area contributed by atoms with Gasteiger partial charge in [-0.1, -0.05) is 30.3 Å². The molecule has 3 rings (SSSR count). The topological polar surface area (TPSA) is 82.8 Å². The van der Waals surface area contributed by atoms with Crippen molar-refractivity contribution in [1.82, 2.24) is 19.9 Å². The first kappa shape index (κ1) is 19.1. The lowest BCUT2D eigenvalue weighted by Crippen LogP contribution is -2.22. The Morgan fingerprint density at radius 2 is 1.96 bits per heavy atom. The molecule has 0 aliphatic heterocycles. The summed E-state index contributed by atoms with van der Waals surface area (Å²) in [6.45, 7) is 8.70. The third kappa shape index (κ3) is 4.27. The smallest absolute Gasteiger partial charge is 0.231 e. The van der Waals surface area contributed by atoms with E-state index in [0.717, 1.165) is 22.5 Å². The summed E-state index contributed by atoms with van der Waals surface area (Å²) in [5.41, 5.74) is 10.1. The number of nitrogens with two attached hydrogens (primary N) is 1. The molecule has 1 aromatic carbocycles. The van der Waals surface area contributed by atoms with Gasteiger partial charge in [-0.2, -0.15) is 10.1 Å². The molecule has 0 spiro atoms. The zero-order valence-electron chi connectivity index (χ0n) is 14.9. The predicted molar refractivity (Wildman–Crippen MR) is 99.8 cm³/mol. The second kappa shape index (κ2) is 7.80. The van der Waals surface area contributed by atoms with Gasteiger partial charge in [-0.25, -0.2) is 0 Å². The zero-order valence-corrected chi connectivity index (χ0v) is 15.7. The first-order chi connectivity index (χ1) is 11.4. The molecule has 25 heavy (non-hydrogen) atoms. The van der Waals surface area contributed by atoms with E-state index < -0.39 is 0 Å². The molecular weight excluding hydrogens is 338 g/mol. The highest BCUT2D eigenvalue weighted by molar-refractivity contribution is 5.85. The van der Waals surface area contributed by atoms with Gasteiger partial charge in [-0.15, -0.1) is 12.4 Å². The maximum Gasteiger partial charge on any atom is 0.231 e. The van der Waals surface area contributed by atoms with Gasteiger partial charge >= 0.3 is 0 Å². The van der Waals surface area contributed by atoms with E-state index in [1.165, 1.54) is 0 Å². The van der Waals surface area contributed by atoms with Gasteiger partial charge in [0.1, 0.15) is 0 Å². The minimum Gasteiger partial charge on any atom is -0.339 e.